The van der Waals surface area contributed by atoms with Crippen LogP contribution in [-0.4, -0.2) is 43.5 Å². The molecular weight excluding hydrogens is 286 g/mol. The molecule has 0 saturated carbocycles. The van der Waals surface area contributed by atoms with Crippen molar-refractivity contribution in [1.82, 2.24) is 4.90 Å². The maximum Gasteiger partial charge on any atom is 0.176 e. The highest BCUT2D eigenvalue weighted by Gasteiger charge is 2.13. The summed E-state index contributed by atoms with van der Waals surface area (Å²) >= 11 is 0. The van der Waals surface area contributed by atoms with Gasteiger partial charge in [0.05, 0.1) is 0 Å². The molecule has 0 aromatic rings. The van der Waals surface area contributed by atoms with Gasteiger partial charge in [-0.25, -0.2) is 0 Å². The zero-order valence-corrected chi connectivity index (χ0v) is 16.4. The summed E-state index contributed by atoms with van der Waals surface area (Å²) in [5.74, 6) is 0. The third kappa shape index (κ3) is 11.7. The van der Waals surface area contributed by atoms with Crippen molar-refractivity contribution in [3.63, 3.8) is 0 Å². The fourth-order valence-corrected chi connectivity index (χ4v) is 2.93. The van der Waals surface area contributed by atoms with Crippen LogP contribution in [0.3, 0.4) is 0 Å². The summed E-state index contributed by atoms with van der Waals surface area (Å²) in [6, 6.07) is 0.500. The molecule has 0 aliphatic carbocycles. The van der Waals surface area contributed by atoms with Crippen LogP contribution in [0, 0.1) is 0 Å². The first-order valence-electron chi connectivity index (χ1n) is 9.88. The lowest BCUT2D eigenvalue weighted by Gasteiger charge is -2.28. The first kappa shape index (κ1) is 22.6. The van der Waals surface area contributed by atoms with E-state index < -0.39 is 0 Å². The van der Waals surface area contributed by atoms with Gasteiger partial charge in [-0.2, -0.15) is 0 Å². The first-order valence-corrected chi connectivity index (χ1v) is 9.88. The lowest BCUT2D eigenvalue weighted by atomic mass is 10.0. The van der Waals surface area contributed by atoms with Crippen LogP contribution in [0.5, 0.6) is 0 Å². The largest absolute Gasteiger partial charge is 0.349 e. The standard InChI is InChI=1S/C20H41NO2/c1-6-11-12-13-14-15-16-19(21(7-2)8-3)17-18-20(22-9-4)23-10-5/h17-20H,6-16H2,1-5H3. The van der Waals surface area contributed by atoms with Gasteiger partial charge < -0.3 is 9.47 Å². The van der Waals surface area contributed by atoms with Crippen LogP contribution in [0.2, 0.25) is 0 Å². The van der Waals surface area contributed by atoms with Crippen LogP contribution in [0.4, 0.5) is 0 Å². The molecular formula is C20H41NO2. The molecule has 1 atom stereocenters. The Morgan fingerprint density at radius 2 is 1.30 bits per heavy atom. The molecule has 0 bridgehead atoms. The fourth-order valence-electron chi connectivity index (χ4n) is 2.93. The summed E-state index contributed by atoms with van der Waals surface area (Å²) < 4.78 is 11.2. The SMILES string of the molecule is CCCCCCCCC(C=CC(OCC)OCC)N(CC)CC. The molecule has 3 nitrogen and oxygen atoms in total. The minimum absolute atomic E-state index is 0.201. The molecule has 0 aromatic carbocycles. The Morgan fingerprint density at radius 1 is 0.739 bits per heavy atom. The van der Waals surface area contributed by atoms with Crippen molar-refractivity contribution in [3.8, 4) is 0 Å². The summed E-state index contributed by atoms with van der Waals surface area (Å²) in [4.78, 5) is 2.53. The van der Waals surface area contributed by atoms with Gasteiger partial charge in [-0.3, -0.25) is 4.90 Å². The average Bonchev–Trinajstić information content (AvgIpc) is 2.56. The van der Waals surface area contributed by atoms with E-state index in [1.165, 1.54) is 44.9 Å². The normalized spacial score (nSPS) is 13.5. The molecule has 0 amide bonds. The number of ether oxygens (including phenoxy) is 2. The topological polar surface area (TPSA) is 21.7 Å². The molecule has 0 aliphatic heterocycles. The zero-order valence-electron chi connectivity index (χ0n) is 16.4. The van der Waals surface area contributed by atoms with Gasteiger partial charge >= 0.3 is 0 Å². The summed E-state index contributed by atoms with van der Waals surface area (Å²) in [6.45, 7) is 14.3. The fraction of sp³-hybridized carbons (Fsp3) is 0.900. The van der Waals surface area contributed by atoms with Gasteiger partial charge in [-0.15, -0.1) is 0 Å². The van der Waals surface area contributed by atoms with Crippen LogP contribution < -0.4 is 0 Å². The molecule has 0 aromatic heterocycles. The monoisotopic (exact) mass is 327 g/mol. The van der Waals surface area contributed by atoms with Crippen molar-refractivity contribution in [2.75, 3.05) is 26.3 Å². The van der Waals surface area contributed by atoms with E-state index in [2.05, 4.69) is 37.8 Å². The lowest BCUT2D eigenvalue weighted by molar-refractivity contribution is -0.104. The molecule has 3 heteroatoms. The molecule has 0 saturated heterocycles. The van der Waals surface area contributed by atoms with E-state index >= 15 is 0 Å². The number of unbranched alkanes of at least 4 members (excludes halogenated alkanes) is 5. The van der Waals surface area contributed by atoms with Crippen molar-refractivity contribution in [2.24, 2.45) is 0 Å². The van der Waals surface area contributed by atoms with Gasteiger partial charge in [-0.05, 0) is 39.4 Å². The van der Waals surface area contributed by atoms with Gasteiger partial charge in [0.25, 0.3) is 0 Å². The highest BCUT2D eigenvalue weighted by molar-refractivity contribution is 4.96. The molecule has 0 rings (SSSR count). The predicted molar refractivity (Wildman–Crippen MR) is 101 cm³/mol. The smallest absolute Gasteiger partial charge is 0.176 e. The van der Waals surface area contributed by atoms with Crippen LogP contribution in [0.15, 0.2) is 12.2 Å². The summed E-state index contributed by atoms with van der Waals surface area (Å²) in [6.07, 6.45) is 13.6. The van der Waals surface area contributed by atoms with Crippen LogP contribution >= 0.6 is 0 Å². The average molecular weight is 328 g/mol. The van der Waals surface area contributed by atoms with Crippen molar-refractivity contribution in [2.45, 2.75) is 91.9 Å². The number of hydrogen-bond acceptors (Lipinski definition) is 3. The highest BCUT2D eigenvalue weighted by atomic mass is 16.7. The Morgan fingerprint density at radius 3 is 1.83 bits per heavy atom. The van der Waals surface area contributed by atoms with Crippen LogP contribution in [0.25, 0.3) is 0 Å². The zero-order chi connectivity index (χ0) is 17.3. The Kier molecular flexibility index (Phi) is 16.2. The van der Waals surface area contributed by atoms with Gasteiger partial charge in [-0.1, -0.05) is 65.4 Å². The van der Waals surface area contributed by atoms with E-state index in [0.29, 0.717) is 19.3 Å². The maximum absolute atomic E-state index is 5.62. The van der Waals surface area contributed by atoms with Gasteiger partial charge in [0.15, 0.2) is 6.29 Å². The number of nitrogens with zero attached hydrogens (tertiary/aromatic N) is 1. The Labute approximate surface area is 145 Å². The summed E-state index contributed by atoms with van der Waals surface area (Å²) in [5.41, 5.74) is 0. The van der Waals surface area contributed by atoms with E-state index in [1.807, 2.05) is 13.8 Å². The van der Waals surface area contributed by atoms with Gasteiger partial charge in [0.1, 0.15) is 0 Å². The Balaban J connectivity index is 4.42. The van der Waals surface area contributed by atoms with E-state index in [4.69, 9.17) is 9.47 Å². The quantitative estimate of drug-likeness (QED) is 0.215. The van der Waals surface area contributed by atoms with E-state index in [9.17, 15) is 0 Å². The molecule has 0 radical (unpaired) electrons. The number of hydrogen-bond donors (Lipinski definition) is 0. The molecule has 0 N–H and O–H groups in total. The number of likely N-dealkylation sites (N-methyl/N-ethyl adjacent to an activating group) is 1. The third-order valence-corrected chi connectivity index (χ3v) is 4.29. The van der Waals surface area contributed by atoms with E-state index in [1.54, 1.807) is 0 Å². The molecule has 0 aliphatic rings. The molecule has 1 unspecified atom stereocenters. The van der Waals surface area contributed by atoms with Crippen molar-refractivity contribution >= 4 is 0 Å². The minimum Gasteiger partial charge on any atom is -0.349 e. The predicted octanol–water partition coefficient (Wildman–Crippen LogP) is 5.40. The van der Waals surface area contributed by atoms with E-state index in [-0.39, 0.29) is 6.29 Å². The van der Waals surface area contributed by atoms with E-state index in [0.717, 1.165) is 13.1 Å². The molecule has 23 heavy (non-hydrogen) atoms. The van der Waals surface area contributed by atoms with Gasteiger partial charge in [0, 0.05) is 19.3 Å². The lowest BCUT2D eigenvalue weighted by Crippen LogP contribution is -2.34. The summed E-state index contributed by atoms with van der Waals surface area (Å²) in [5, 5.41) is 0. The highest BCUT2D eigenvalue weighted by Crippen LogP contribution is 2.14. The van der Waals surface area contributed by atoms with Gasteiger partial charge in [0.2, 0.25) is 0 Å². The van der Waals surface area contributed by atoms with Crippen molar-refractivity contribution in [3.05, 3.63) is 12.2 Å². The second-order valence-electron chi connectivity index (χ2n) is 6.01. The Hall–Kier alpha value is -0.380. The molecule has 138 valence electrons. The second kappa shape index (κ2) is 16.5. The Bertz CT molecular complexity index is 258. The van der Waals surface area contributed by atoms with Crippen LogP contribution in [-0.2, 0) is 9.47 Å². The van der Waals surface area contributed by atoms with Crippen molar-refractivity contribution in [1.29, 1.82) is 0 Å². The van der Waals surface area contributed by atoms with Crippen molar-refractivity contribution < 1.29 is 9.47 Å². The molecule has 0 spiro atoms. The molecule has 0 fully saturated rings. The number of rotatable bonds is 16. The minimum atomic E-state index is -0.201. The summed E-state index contributed by atoms with van der Waals surface area (Å²) in [7, 11) is 0. The maximum atomic E-state index is 5.62. The first-order chi connectivity index (χ1) is 11.2. The third-order valence-electron chi connectivity index (χ3n) is 4.29. The second-order valence-corrected chi connectivity index (χ2v) is 6.01. The molecule has 0 heterocycles. The van der Waals surface area contributed by atoms with Crippen LogP contribution in [0.1, 0.15) is 79.6 Å².